The van der Waals surface area contributed by atoms with Crippen molar-refractivity contribution in [3.05, 3.63) is 171 Å². The van der Waals surface area contributed by atoms with Crippen molar-refractivity contribution in [1.29, 1.82) is 0 Å². The molecule has 0 radical (unpaired) electrons. The van der Waals surface area contributed by atoms with E-state index in [9.17, 15) is 9.59 Å². The Labute approximate surface area is 339 Å². The van der Waals surface area contributed by atoms with Gasteiger partial charge in [0.25, 0.3) is 0 Å². The van der Waals surface area contributed by atoms with Crippen LogP contribution in [0.5, 0.6) is 0 Å². The molecule has 0 bridgehead atoms. The highest BCUT2D eigenvalue weighted by molar-refractivity contribution is 5.89. The van der Waals surface area contributed by atoms with Gasteiger partial charge >= 0.3 is 11.9 Å². The molecule has 298 valence electrons. The third-order valence-corrected chi connectivity index (χ3v) is 9.53. The molecule has 57 heavy (non-hydrogen) atoms. The van der Waals surface area contributed by atoms with Crippen LogP contribution in [0.4, 0.5) is 0 Å². The molecule has 4 heterocycles. The van der Waals surface area contributed by atoms with Gasteiger partial charge in [-0.1, -0.05) is 56.3 Å². The fourth-order valence-electron chi connectivity index (χ4n) is 6.62. The van der Waals surface area contributed by atoms with Crippen LogP contribution < -0.4 is 0 Å². The normalized spacial score (nSPS) is 11.5. The van der Waals surface area contributed by atoms with E-state index in [0.717, 1.165) is 58.4 Å². The van der Waals surface area contributed by atoms with Gasteiger partial charge in [-0.25, -0.2) is 19.6 Å². The highest BCUT2D eigenvalue weighted by Crippen LogP contribution is 2.21. The minimum Gasteiger partial charge on any atom is -0.462 e. The van der Waals surface area contributed by atoms with Gasteiger partial charge in [-0.05, 0) is 157 Å². The second-order valence-electron chi connectivity index (χ2n) is 14.7. The first-order valence-electron chi connectivity index (χ1n) is 19.3. The van der Waals surface area contributed by atoms with Crippen molar-refractivity contribution in [2.45, 2.75) is 82.1 Å². The van der Waals surface area contributed by atoms with Gasteiger partial charge in [0.2, 0.25) is 0 Å². The molecule has 0 saturated heterocycles. The average molecular weight is 767 g/mol. The summed E-state index contributed by atoms with van der Waals surface area (Å²) in [6, 6.07) is 35.0. The van der Waals surface area contributed by atoms with E-state index in [0.29, 0.717) is 36.7 Å². The van der Waals surface area contributed by atoms with Crippen LogP contribution in [0, 0.1) is 47.5 Å². The molecule has 0 aliphatic carbocycles. The Kier molecular flexibility index (Phi) is 15.9. The van der Waals surface area contributed by atoms with Crippen LogP contribution in [0.25, 0.3) is 17.7 Å². The van der Waals surface area contributed by atoms with E-state index in [2.05, 4.69) is 112 Å². The van der Waals surface area contributed by atoms with Crippen molar-refractivity contribution in [1.82, 2.24) is 19.1 Å². The number of aryl methyl sites for hydroxylation is 6. The molecular formula is C49H58N4O4. The molecule has 0 amide bonds. The molecule has 0 saturated carbocycles. The Morgan fingerprint density at radius 1 is 0.632 bits per heavy atom. The third-order valence-electron chi connectivity index (χ3n) is 9.53. The number of ether oxygens (including phenoxy) is 2. The number of carbonyl (C=O) groups is 2. The van der Waals surface area contributed by atoms with Crippen LogP contribution in [-0.2, 0) is 15.9 Å². The largest absolute Gasteiger partial charge is 0.462 e. The van der Waals surface area contributed by atoms with Crippen LogP contribution in [0.2, 0.25) is 0 Å². The molecule has 6 aromatic rings. The third kappa shape index (κ3) is 12.5. The van der Waals surface area contributed by atoms with E-state index < -0.39 is 0 Å². The topological polar surface area (TPSA) is 88.2 Å². The van der Waals surface area contributed by atoms with Crippen molar-refractivity contribution >= 4 is 18.0 Å². The van der Waals surface area contributed by atoms with E-state index in [1.54, 1.807) is 24.3 Å². The predicted octanol–water partition coefficient (Wildman–Crippen LogP) is 11.3. The molecule has 4 aromatic heterocycles. The minimum absolute atomic E-state index is 0. The average Bonchev–Trinajstić information content (AvgIpc) is 3.69. The van der Waals surface area contributed by atoms with E-state index in [4.69, 9.17) is 19.4 Å². The number of pyridine rings is 2. The summed E-state index contributed by atoms with van der Waals surface area (Å²) in [4.78, 5) is 33.7. The number of aromatic nitrogens is 4. The summed E-state index contributed by atoms with van der Waals surface area (Å²) in [6.45, 7) is 17.5. The fraction of sp³-hybridized carbons (Fsp3) is 0.306. The quantitative estimate of drug-likeness (QED) is 0.109. The molecule has 2 aromatic carbocycles. The maximum Gasteiger partial charge on any atom is 0.338 e. The molecule has 0 N–H and O–H groups in total. The van der Waals surface area contributed by atoms with Crippen molar-refractivity contribution in [2.75, 3.05) is 13.2 Å². The lowest BCUT2D eigenvalue weighted by Crippen LogP contribution is -2.11. The number of carbonyl (C=O) groups excluding carboxylic acids is 2. The van der Waals surface area contributed by atoms with Gasteiger partial charge in [-0.15, -0.1) is 0 Å². The first kappa shape index (κ1) is 43.7. The van der Waals surface area contributed by atoms with Crippen LogP contribution in [0.1, 0.15) is 100 Å². The second kappa shape index (κ2) is 20.8. The Morgan fingerprint density at radius 3 is 1.60 bits per heavy atom. The van der Waals surface area contributed by atoms with Gasteiger partial charge in [0.05, 0.1) is 30.0 Å². The standard InChI is InChI=1S/C24H28N2O2.C24H26N2O2.CH4/c2*1-17(12-13-28-24(27)21-8-6-5-7-9-21)14-22-15-18(2)16-23(25-22)26-19(3)10-11-20(26)4;/h5-11,15-17H,12-14H2,1-4H3;5-11,14-16H,12-13H2,1-4H3;1H4/b;17-14-;. The zero-order chi connectivity index (χ0) is 40.2. The van der Waals surface area contributed by atoms with Gasteiger partial charge in [0.1, 0.15) is 11.6 Å². The summed E-state index contributed by atoms with van der Waals surface area (Å²) in [6.07, 6.45) is 4.40. The van der Waals surface area contributed by atoms with Crippen molar-refractivity contribution in [3.8, 4) is 11.6 Å². The Morgan fingerprint density at radius 2 is 1.09 bits per heavy atom. The summed E-state index contributed by atoms with van der Waals surface area (Å²) >= 11 is 0. The van der Waals surface area contributed by atoms with E-state index >= 15 is 0 Å². The van der Waals surface area contributed by atoms with E-state index in [1.165, 1.54) is 17.0 Å². The Hall–Kier alpha value is -6.02. The van der Waals surface area contributed by atoms with Crippen LogP contribution in [0.3, 0.4) is 0 Å². The lowest BCUT2D eigenvalue weighted by Gasteiger charge is -2.15. The van der Waals surface area contributed by atoms with E-state index in [1.807, 2.05) is 43.3 Å². The highest BCUT2D eigenvalue weighted by atomic mass is 16.5. The smallest absolute Gasteiger partial charge is 0.338 e. The number of hydrogen-bond donors (Lipinski definition) is 0. The van der Waals surface area contributed by atoms with Gasteiger partial charge in [-0.2, -0.15) is 0 Å². The maximum absolute atomic E-state index is 12.0. The molecule has 8 nitrogen and oxygen atoms in total. The lowest BCUT2D eigenvalue weighted by atomic mass is 10.0. The zero-order valence-corrected chi connectivity index (χ0v) is 34.0. The SMILES string of the molecule is C.C/C(=C/c1cc(C)cc(-n2c(C)ccc2C)n1)CCOC(=O)c1ccccc1.Cc1cc(CC(C)CCOC(=O)c2ccccc2)nc(-n2c(C)ccc2C)c1. The summed E-state index contributed by atoms with van der Waals surface area (Å²) in [5.74, 6) is 1.72. The number of benzene rings is 2. The van der Waals surface area contributed by atoms with Gasteiger partial charge < -0.3 is 18.6 Å². The lowest BCUT2D eigenvalue weighted by molar-refractivity contribution is 0.0482. The van der Waals surface area contributed by atoms with Crippen LogP contribution >= 0.6 is 0 Å². The number of hydrogen-bond acceptors (Lipinski definition) is 6. The molecule has 0 spiro atoms. The molecule has 6 rings (SSSR count). The molecule has 1 unspecified atom stereocenters. The summed E-state index contributed by atoms with van der Waals surface area (Å²) in [5, 5.41) is 0. The van der Waals surface area contributed by atoms with E-state index in [-0.39, 0.29) is 19.4 Å². The highest BCUT2D eigenvalue weighted by Gasteiger charge is 2.13. The zero-order valence-electron chi connectivity index (χ0n) is 34.0. The summed E-state index contributed by atoms with van der Waals surface area (Å²) in [5.41, 5.74) is 11.3. The first-order valence-corrected chi connectivity index (χ1v) is 19.3. The minimum atomic E-state index is -0.289. The molecular weight excluding hydrogens is 709 g/mol. The van der Waals surface area contributed by atoms with Gasteiger partial charge in [0.15, 0.2) is 0 Å². The van der Waals surface area contributed by atoms with Crippen molar-refractivity contribution in [2.24, 2.45) is 5.92 Å². The maximum atomic E-state index is 12.0. The van der Waals surface area contributed by atoms with Gasteiger partial charge in [0, 0.05) is 34.9 Å². The van der Waals surface area contributed by atoms with Gasteiger partial charge in [-0.3, -0.25) is 0 Å². The number of rotatable bonds is 13. The van der Waals surface area contributed by atoms with Crippen LogP contribution in [0.15, 0.2) is 115 Å². The fourth-order valence-corrected chi connectivity index (χ4v) is 6.62. The molecule has 0 fully saturated rings. The second-order valence-corrected chi connectivity index (χ2v) is 14.7. The molecule has 8 heteroatoms. The van der Waals surface area contributed by atoms with Crippen molar-refractivity contribution in [3.63, 3.8) is 0 Å². The number of esters is 2. The molecule has 0 aliphatic rings. The predicted molar refractivity (Wildman–Crippen MR) is 231 cm³/mol. The monoisotopic (exact) mass is 766 g/mol. The molecule has 0 aliphatic heterocycles. The summed E-state index contributed by atoms with van der Waals surface area (Å²) in [7, 11) is 0. The molecule has 1 atom stereocenters. The van der Waals surface area contributed by atoms with Crippen molar-refractivity contribution < 1.29 is 19.1 Å². The summed E-state index contributed by atoms with van der Waals surface area (Å²) < 4.78 is 15.1. The Balaban J connectivity index is 0.000000248. The number of nitrogens with zero attached hydrogens (tertiary/aromatic N) is 4. The Bertz CT molecular complexity index is 2230. The first-order chi connectivity index (χ1) is 26.9. The van der Waals surface area contributed by atoms with Crippen LogP contribution in [-0.4, -0.2) is 44.3 Å².